The molecule has 0 aliphatic heterocycles. The van der Waals surface area contributed by atoms with E-state index in [0.29, 0.717) is 22.2 Å². The lowest BCUT2D eigenvalue weighted by Gasteiger charge is -2.10. The van der Waals surface area contributed by atoms with Gasteiger partial charge in [-0.25, -0.2) is 9.78 Å². The summed E-state index contributed by atoms with van der Waals surface area (Å²) in [5.74, 6) is 0.216. The van der Waals surface area contributed by atoms with Crippen LogP contribution in [0.5, 0.6) is 0 Å². The molecule has 0 N–H and O–H groups in total. The number of nitrogens with zero attached hydrogens (tertiary/aromatic N) is 4. The Morgan fingerprint density at radius 3 is 2.54 bits per heavy atom. The Morgan fingerprint density at radius 2 is 1.88 bits per heavy atom. The van der Waals surface area contributed by atoms with Crippen molar-refractivity contribution in [2.75, 3.05) is 5.75 Å². The summed E-state index contributed by atoms with van der Waals surface area (Å²) in [6.45, 7) is 1.80. The molecule has 0 radical (unpaired) electrons. The number of benzene rings is 1. The number of halogens is 1. The van der Waals surface area contributed by atoms with Gasteiger partial charge in [-0.2, -0.15) is 0 Å². The fourth-order valence-corrected chi connectivity index (χ4v) is 3.64. The monoisotopic (exact) mass is 392 g/mol. The summed E-state index contributed by atoms with van der Waals surface area (Å²) in [7, 11) is 3.00. The largest absolute Gasteiger partial charge is 0.332 e. The van der Waals surface area contributed by atoms with Crippen LogP contribution in [0.4, 0.5) is 0 Å². The summed E-state index contributed by atoms with van der Waals surface area (Å²) in [5.41, 5.74) is 0.524. The molecule has 9 heteroatoms. The van der Waals surface area contributed by atoms with E-state index in [-0.39, 0.29) is 17.2 Å². The first kappa shape index (κ1) is 18.5. The van der Waals surface area contributed by atoms with Crippen molar-refractivity contribution in [2.45, 2.75) is 18.6 Å². The molecule has 0 spiro atoms. The number of fused-ring (bicyclic) bond motifs is 1. The Kier molecular flexibility index (Phi) is 5.06. The van der Waals surface area contributed by atoms with E-state index in [4.69, 9.17) is 11.6 Å². The molecule has 1 aromatic carbocycles. The first-order chi connectivity index (χ1) is 12.3. The third-order valence-corrected chi connectivity index (χ3v) is 5.49. The molecule has 0 atom stereocenters. The van der Waals surface area contributed by atoms with Crippen LogP contribution < -0.4 is 11.2 Å². The predicted molar refractivity (Wildman–Crippen MR) is 102 cm³/mol. The molecule has 0 bridgehead atoms. The number of ketones is 1. The number of aromatic nitrogens is 4. The van der Waals surface area contributed by atoms with E-state index in [0.717, 1.165) is 10.1 Å². The lowest BCUT2D eigenvalue weighted by molar-refractivity contribution is -0.114. The van der Waals surface area contributed by atoms with Crippen LogP contribution in [0.3, 0.4) is 0 Å². The van der Waals surface area contributed by atoms with Gasteiger partial charge < -0.3 is 4.57 Å². The van der Waals surface area contributed by atoms with Crippen LogP contribution in [-0.2, 0) is 25.4 Å². The van der Waals surface area contributed by atoms with Crippen molar-refractivity contribution in [3.05, 3.63) is 55.7 Å². The van der Waals surface area contributed by atoms with Gasteiger partial charge in [0.15, 0.2) is 16.3 Å². The molecule has 0 aliphatic carbocycles. The fourth-order valence-electron chi connectivity index (χ4n) is 2.65. The van der Waals surface area contributed by atoms with Gasteiger partial charge in [0.1, 0.15) is 5.78 Å². The Bertz CT molecular complexity index is 1130. The summed E-state index contributed by atoms with van der Waals surface area (Å²) in [6.07, 6.45) is 0. The van der Waals surface area contributed by atoms with Crippen LogP contribution in [0.2, 0.25) is 5.02 Å². The maximum atomic E-state index is 12.7. The third-order valence-electron chi connectivity index (χ3n) is 4.00. The highest BCUT2D eigenvalue weighted by molar-refractivity contribution is 7.99. The second-order valence-corrected chi connectivity index (χ2v) is 7.29. The first-order valence-corrected chi connectivity index (χ1v) is 9.19. The number of carbonyl (C=O) groups is 1. The normalized spacial score (nSPS) is 11.2. The van der Waals surface area contributed by atoms with Crippen molar-refractivity contribution >= 4 is 40.3 Å². The molecular formula is C17H17ClN4O3S. The van der Waals surface area contributed by atoms with Gasteiger partial charge >= 0.3 is 5.69 Å². The molecule has 2 aromatic heterocycles. The van der Waals surface area contributed by atoms with Gasteiger partial charge in [-0.1, -0.05) is 41.6 Å². The van der Waals surface area contributed by atoms with Gasteiger partial charge in [0.2, 0.25) is 0 Å². The van der Waals surface area contributed by atoms with E-state index >= 15 is 0 Å². The number of thioether (sulfide) groups is 1. The topological polar surface area (TPSA) is 78.9 Å². The standard InChI is InChI=1S/C17H17ClN4O3S/c1-10(23)9-26-16-19-14-13(15(24)21(3)17(25)20(14)2)22(16)8-11-6-4-5-7-12(11)18/h4-7H,8-9H2,1-3H3. The Balaban J connectivity index is 2.28. The lowest BCUT2D eigenvalue weighted by atomic mass is 10.2. The average molecular weight is 393 g/mol. The lowest BCUT2D eigenvalue weighted by Crippen LogP contribution is -2.37. The van der Waals surface area contributed by atoms with E-state index in [1.54, 1.807) is 17.7 Å². The van der Waals surface area contributed by atoms with Crippen LogP contribution >= 0.6 is 23.4 Å². The number of hydrogen-bond acceptors (Lipinski definition) is 5. The number of carbonyl (C=O) groups excluding carboxylic acids is 1. The molecule has 0 fully saturated rings. The Hall–Kier alpha value is -2.32. The highest BCUT2D eigenvalue weighted by Gasteiger charge is 2.20. The van der Waals surface area contributed by atoms with Crippen LogP contribution in [0.15, 0.2) is 39.0 Å². The summed E-state index contributed by atoms with van der Waals surface area (Å²) in [5, 5.41) is 1.06. The fraction of sp³-hybridized carbons (Fsp3) is 0.294. The SMILES string of the molecule is CC(=O)CSc1nc2c(c(=O)n(C)c(=O)n2C)n1Cc1ccccc1Cl. The van der Waals surface area contributed by atoms with Crippen LogP contribution in [-0.4, -0.2) is 30.2 Å². The second kappa shape index (κ2) is 7.13. The van der Waals surface area contributed by atoms with Gasteiger partial charge in [0.25, 0.3) is 5.56 Å². The van der Waals surface area contributed by atoms with E-state index in [9.17, 15) is 14.4 Å². The van der Waals surface area contributed by atoms with Crippen molar-refractivity contribution in [3.8, 4) is 0 Å². The Morgan fingerprint density at radius 1 is 1.19 bits per heavy atom. The van der Waals surface area contributed by atoms with E-state index in [1.807, 2.05) is 18.2 Å². The summed E-state index contributed by atoms with van der Waals surface area (Å²) in [4.78, 5) is 40.8. The van der Waals surface area contributed by atoms with Crippen molar-refractivity contribution < 1.29 is 4.79 Å². The van der Waals surface area contributed by atoms with Crippen molar-refractivity contribution in [1.82, 2.24) is 18.7 Å². The molecule has 7 nitrogen and oxygen atoms in total. The minimum absolute atomic E-state index is 0.00635. The van der Waals surface area contributed by atoms with Gasteiger partial charge in [0.05, 0.1) is 12.3 Å². The van der Waals surface area contributed by atoms with Gasteiger partial charge in [-0.3, -0.25) is 18.7 Å². The molecule has 3 aromatic rings. The van der Waals surface area contributed by atoms with Crippen molar-refractivity contribution in [1.29, 1.82) is 0 Å². The van der Waals surface area contributed by atoms with E-state index < -0.39 is 11.2 Å². The van der Waals surface area contributed by atoms with Gasteiger partial charge in [-0.15, -0.1) is 0 Å². The zero-order valence-corrected chi connectivity index (χ0v) is 16.1. The molecule has 0 unspecified atom stereocenters. The molecule has 26 heavy (non-hydrogen) atoms. The number of aryl methyl sites for hydroxylation is 1. The number of imidazole rings is 1. The minimum atomic E-state index is -0.451. The van der Waals surface area contributed by atoms with Crippen LogP contribution in [0.1, 0.15) is 12.5 Å². The summed E-state index contributed by atoms with van der Waals surface area (Å²) in [6, 6.07) is 7.31. The predicted octanol–water partition coefficient (Wildman–Crippen LogP) is 1.82. The smallest absolute Gasteiger partial charge is 0.309 e. The minimum Gasteiger partial charge on any atom is -0.309 e. The number of Topliss-reactive ketones (excluding diaryl/α,β-unsaturated/α-hetero) is 1. The summed E-state index contributed by atoms with van der Waals surface area (Å²) < 4.78 is 4.09. The average Bonchev–Trinajstić information content (AvgIpc) is 2.97. The van der Waals surface area contributed by atoms with Crippen LogP contribution in [0, 0.1) is 0 Å². The molecule has 3 rings (SSSR count). The molecule has 0 saturated heterocycles. The Labute approximate surface area is 158 Å². The third kappa shape index (κ3) is 3.22. The quantitative estimate of drug-likeness (QED) is 0.619. The molecule has 2 heterocycles. The molecule has 136 valence electrons. The number of hydrogen-bond donors (Lipinski definition) is 0. The second-order valence-electron chi connectivity index (χ2n) is 5.94. The highest BCUT2D eigenvalue weighted by atomic mass is 35.5. The summed E-state index contributed by atoms with van der Waals surface area (Å²) >= 11 is 7.50. The molecule has 0 amide bonds. The zero-order valence-electron chi connectivity index (χ0n) is 14.5. The van der Waals surface area contributed by atoms with E-state index in [2.05, 4.69) is 4.98 Å². The highest BCUT2D eigenvalue weighted by Crippen LogP contribution is 2.25. The first-order valence-electron chi connectivity index (χ1n) is 7.83. The zero-order chi connectivity index (χ0) is 19.0. The maximum Gasteiger partial charge on any atom is 0.332 e. The van der Waals surface area contributed by atoms with Crippen molar-refractivity contribution in [3.63, 3.8) is 0 Å². The van der Waals surface area contributed by atoms with E-state index in [1.165, 1.54) is 30.3 Å². The van der Waals surface area contributed by atoms with Gasteiger partial charge in [0, 0.05) is 19.1 Å². The van der Waals surface area contributed by atoms with Crippen molar-refractivity contribution in [2.24, 2.45) is 14.1 Å². The number of rotatable bonds is 5. The van der Waals surface area contributed by atoms with Gasteiger partial charge in [-0.05, 0) is 18.6 Å². The molecule has 0 aliphatic rings. The van der Waals surface area contributed by atoms with Crippen LogP contribution in [0.25, 0.3) is 11.2 Å². The molecule has 0 saturated carbocycles. The molecular weight excluding hydrogens is 376 g/mol. The maximum absolute atomic E-state index is 12.7.